The minimum absolute atomic E-state index is 0.234. The summed E-state index contributed by atoms with van der Waals surface area (Å²) in [5.74, 6) is 0.537. The highest BCUT2D eigenvalue weighted by Crippen LogP contribution is 2.33. The van der Waals surface area contributed by atoms with E-state index in [-0.39, 0.29) is 4.90 Å². The Morgan fingerprint density at radius 1 is 1.00 bits per heavy atom. The van der Waals surface area contributed by atoms with Gasteiger partial charge in [-0.1, -0.05) is 37.5 Å². The predicted molar refractivity (Wildman–Crippen MR) is 108 cm³/mol. The third kappa shape index (κ3) is 3.99. The number of ether oxygens (including phenoxy) is 1. The first-order valence-electron chi connectivity index (χ1n) is 9.70. The lowest BCUT2D eigenvalue weighted by Gasteiger charge is -2.22. The van der Waals surface area contributed by atoms with Crippen LogP contribution in [0.4, 0.5) is 16.2 Å². The number of sulfonamides is 1. The molecule has 7 heteroatoms. The minimum Gasteiger partial charge on any atom is -0.447 e. The van der Waals surface area contributed by atoms with Crippen molar-refractivity contribution >= 4 is 27.5 Å². The summed E-state index contributed by atoms with van der Waals surface area (Å²) < 4.78 is 33.1. The quantitative estimate of drug-likeness (QED) is 0.802. The number of benzene rings is 2. The highest BCUT2D eigenvalue weighted by molar-refractivity contribution is 7.92. The molecule has 1 saturated carbocycles. The standard InChI is InChI=1S/C21H24N2O4S/c24-21-23(13-14-27-21)19-8-4-7-18(15-19)22-28(25,26)20-11-9-17(10-12-20)16-5-2-1-3-6-16/h4,7-12,15-16,22H,1-3,5-6,13-14H2. The van der Waals surface area contributed by atoms with Gasteiger partial charge in [0, 0.05) is 5.69 Å². The molecule has 0 bridgehead atoms. The van der Waals surface area contributed by atoms with Crippen LogP contribution in [-0.2, 0) is 14.8 Å². The first-order valence-corrected chi connectivity index (χ1v) is 11.2. The summed E-state index contributed by atoms with van der Waals surface area (Å²) in [5.41, 5.74) is 2.23. The van der Waals surface area contributed by atoms with E-state index in [4.69, 9.17) is 4.74 Å². The van der Waals surface area contributed by atoms with E-state index in [9.17, 15) is 13.2 Å². The molecule has 1 amide bonds. The summed E-state index contributed by atoms with van der Waals surface area (Å²) in [6, 6.07) is 14.0. The van der Waals surface area contributed by atoms with E-state index in [1.807, 2.05) is 12.1 Å². The summed E-state index contributed by atoms with van der Waals surface area (Å²) in [7, 11) is -3.70. The highest BCUT2D eigenvalue weighted by Gasteiger charge is 2.24. The maximum Gasteiger partial charge on any atom is 0.414 e. The fourth-order valence-electron chi connectivity index (χ4n) is 3.93. The Bertz CT molecular complexity index is 951. The lowest BCUT2D eigenvalue weighted by molar-refractivity contribution is 0.181. The number of anilines is 2. The van der Waals surface area contributed by atoms with Gasteiger partial charge in [0.05, 0.1) is 17.1 Å². The molecule has 28 heavy (non-hydrogen) atoms. The van der Waals surface area contributed by atoms with Crippen LogP contribution in [0.5, 0.6) is 0 Å². The van der Waals surface area contributed by atoms with Gasteiger partial charge in [0.1, 0.15) is 6.61 Å². The molecule has 1 aliphatic heterocycles. The third-order valence-corrected chi connectivity index (χ3v) is 6.84. The van der Waals surface area contributed by atoms with Crippen LogP contribution >= 0.6 is 0 Å². The van der Waals surface area contributed by atoms with Crippen molar-refractivity contribution in [3.8, 4) is 0 Å². The normalized spacial score (nSPS) is 18.1. The second kappa shape index (κ2) is 7.83. The van der Waals surface area contributed by atoms with Gasteiger partial charge in [-0.15, -0.1) is 0 Å². The van der Waals surface area contributed by atoms with E-state index in [2.05, 4.69) is 4.72 Å². The number of hydrogen-bond acceptors (Lipinski definition) is 4. The van der Waals surface area contributed by atoms with E-state index >= 15 is 0 Å². The zero-order chi connectivity index (χ0) is 19.6. The monoisotopic (exact) mass is 400 g/mol. The second-order valence-electron chi connectivity index (χ2n) is 7.33. The van der Waals surface area contributed by atoms with Crippen molar-refractivity contribution in [1.29, 1.82) is 0 Å². The Morgan fingerprint density at radius 3 is 2.43 bits per heavy atom. The molecule has 6 nitrogen and oxygen atoms in total. The van der Waals surface area contributed by atoms with Gasteiger partial charge < -0.3 is 4.74 Å². The van der Waals surface area contributed by atoms with Gasteiger partial charge in [0.15, 0.2) is 0 Å². The number of carbonyl (C=O) groups is 1. The van der Waals surface area contributed by atoms with Crippen molar-refractivity contribution in [2.75, 3.05) is 22.8 Å². The molecule has 2 aromatic carbocycles. The van der Waals surface area contributed by atoms with Crippen LogP contribution in [0.25, 0.3) is 0 Å². The van der Waals surface area contributed by atoms with E-state index in [0.717, 1.165) is 0 Å². The highest BCUT2D eigenvalue weighted by atomic mass is 32.2. The molecule has 1 heterocycles. The number of carbonyl (C=O) groups excluding carboxylic acids is 1. The molecule has 0 atom stereocenters. The molecule has 2 aliphatic rings. The SMILES string of the molecule is O=C1OCCN1c1cccc(NS(=O)(=O)c2ccc(C3CCCCC3)cc2)c1. The minimum atomic E-state index is -3.70. The van der Waals surface area contributed by atoms with E-state index in [1.165, 1.54) is 42.6 Å². The molecule has 1 saturated heterocycles. The number of nitrogens with one attached hydrogen (secondary N) is 1. The molecule has 4 rings (SSSR count). The molecule has 2 fully saturated rings. The average molecular weight is 401 g/mol. The summed E-state index contributed by atoms with van der Waals surface area (Å²) in [6.07, 6.45) is 5.71. The molecule has 0 radical (unpaired) electrons. The van der Waals surface area contributed by atoms with Gasteiger partial charge in [0.25, 0.3) is 10.0 Å². The van der Waals surface area contributed by atoms with Gasteiger partial charge in [-0.3, -0.25) is 9.62 Å². The fourth-order valence-corrected chi connectivity index (χ4v) is 4.98. The average Bonchev–Trinajstić information content (AvgIpc) is 3.15. The van der Waals surface area contributed by atoms with E-state index in [1.54, 1.807) is 36.4 Å². The lowest BCUT2D eigenvalue weighted by Crippen LogP contribution is -2.23. The number of rotatable bonds is 5. The van der Waals surface area contributed by atoms with E-state index < -0.39 is 16.1 Å². The number of cyclic esters (lactones) is 1. The maximum absolute atomic E-state index is 12.8. The van der Waals surface area contributed by atoms with E-state index in [0.29, 0.717) is 30.4 Å². The van der Waals surface area contributed by atoms with Crippen LogP contribution < -0.4 is 9.62 Å². The molecule has 1 N–H and O–H groups in total. The predicted octanol–water partition coefficient (Wildman–Crippen LogP) is 4.49. The Kier molecular flexibility index (Phi) is 5.26. The van der Waals surface area contributed by atoms with Crippen LogP contribution in [0.3, 0.4) is 0 Å². The van der Waals surface area contributed by atoms with Crippen LogP contribution in [0.15, 0.2) is 53.4 Å². The topological polar surface area (TPSA) is 75.7 Å². The lowest BCUT2D eigenvalue weighted by atomic mass is 9.84. The smallest absolute Gasteiger partial charge is 0.414 e. The first kappa shape index (κ1) is 18.8. The van der Waals surface area contributed by atoms with Crippen molar-refractivity contribution in [3.05, 3.63) is 54.1 Å². The van der Waals surface area contributed by atoms with Crippen LogP contribution in [0.2, 0.25) is 0 Å². The number of nitrogens with zero attached hydrogens (tertiary/aromatic N) is 1. The molecule has 148 valence electrons. The van der Waals surface area contributed by atoms with Crippen molar-refractivity contribution in [2.24, 2.45) is 0 Å². The van der Waals surface area contributed by atoms with Crippen LogP contribution in [0.1, 0.15) is 43.6 Å². The molecule has 1 aliphatic carbocycles. The summed E-state index contributed by atoms with van der Waals surface area (Å²) >= 11 is 0. The summed E-state index contributed by atoms with van der Waals surface area (Å²) in [4.78, 5) is 13.4. The zero-order valence-electron chi connectivity index (χ0n) is 15.6. The van der Waals surface area contributed by atoms with Crippen molar-refractivity contribution in [3.63, 3.8) is 0 Å². The molecule has 2 aromatic rings. The fraction of sp³-hybridized carbons (Fsp3) is 0.381. The van der Waals surface area contributed by atoms with Crippen molar-refractivity contribution in [2.45, 2.75) is 42.9 Å². The van der Waals surface area contributed by atoms with Gasteiger partial charge in [-0.25, -0.2) is 13.2 Å². The zero-order valence-corrected chi connectivity index (χ0v) is 16.5. The molecule has 0 spiro atoms. The Labute approximate surface area is 165 Å². The molecular formula is C21H24N2O4S. The van der Waals surface area contributed by atoms with Crippen molar-refractivity contribution < 1.29 is 17.9 Å². The van der Waals surface area contributed by atoms with Gasteiger partial charge in [0.2, 0.25) is 0 Å². The first-order chi connectivity index (χ1) is 13.5. The largest absolute Gasteiger partial charge is 0.447 e. The maximum atomic E-state index is 12.8. The molecular weight excluding hydrogens is 376 g/mol. The Morgan fingerprint density at radius 2 is 1.75 bits per heavy atom. The van der Waals surface area contributed by atoms with Crippen LogP contribution in [-0.4, -0.2) is 27.7 Å². The Balaban J connectivity index is 1.50. The van der Waals surface area contributed by atoms with Crippen LogP contribution in [0, 0.1) is 0 Å². The molecule has 0 aromatic heterocycles. The van der Waals surface area contributed by atoms with Crippen molar-refractivity contribution in [1.82, 2.24) is 0 Å². The third-order valence-electron chi connectivity index (χ3n) is 5.44. The van der Waals surface area contributed by atoms with Gasteiger partial charge in [-0.05, 0) is 54.7 Å². The summed E-state index contributed by atoms with van der Waals surface area (Å²) in [5, 5.41) is 0. The number of hydrogen-bond donors (Lipinski definition) is 1. The number of amides is 1. The summed E-state index contributed by atoms with van der Waals surface area (Å²) in [6.45, 7) is 0.791. The van der Waals surface area contributed by atoms with Gasteiger partial charge >= 0.3 is 6.09 Å². The second-order valence-corrected chi connectivity index (χ2v) is 9.01. The Hall–Kier alpha value is -2.54. The van der Waals surface area contributed by atoms with Gasteiger partial charge in [-0.2, -0.15) is 0 Å². The molecule has 0 unspecified atom stereocenters.